The Morgan fingerprint density at radius 3 is 2.70 bits per heavy atom. The van der Waals surface area contributed by atoms with Gasteiger partial charge in [-0.15, -0.1) is 0 Å². The lowest BCUT2D eigenvalue weighted by Gasteiger charge is -2.27. The number of benzene rings is 1. The van der Waals surface area contributed by atoms with Crippen molar-refractivity contribution in [2.75, 3.05) is 13.2 Å². The third kappa shape index (κ3) is 4.89. The Hall–Kier alpha value is -0.900. The summed E-state index contributed by atoms with van der Waals surface area (Å²) in [6.07, 6.45) is 2.89. The highest BCUT2D eigenvalue weighted by molar-refractivity contribution is 5.30. The van der Waals surface area contributed by atoms with Gasteiger partial charge in [0.25, 0.3) is 0 Å². The van der Waals surface area contributed by atoms with Crippen LogP contribution in [0.4, 0.5) is 0 Å². The summed E-state index contributed by atoms with van der Waals surface area (Å²) in [5.41, 5.74) is 2.73. The fraction of sp³-hybridized carbons (Fsp3) is 0.647. The average Bonchev–Trinajstić information content (AvgIpc) is 2.42. The topological polar surface area (TPSA) is 41.5 Å². The van der Waals surface area contributed by atoms with Crippen molar-refractivity contribution in [1.29, 1.82) is 0 Å². The molecule has 2 unspecified atom stereocenters. The molecule has 1 aliphatic rings. The van der Waals surface area contributed by atoms with Crippen LogP contribution in [0.15, 0.2) is 24.3 Å². The first-order valence-corrected chi connectivity index (χ1v) is 7.56. The Morgan fingerprint density at radius 1 is 1.30 bits per heavy atom. The number of rotatable bonds is 5. The zero-order valence-corrected chi connectivity index (χ0v) is 12.9. The Morgan fingerprint density at radius 2 is 2.00 bits per heavy atom. The number of hydrogen-bond acceptors (Lipinski definition) is 3. The number of aliphatic hydroxyl groups is 1. The minimum Gasteiger partial charge on any atom is -0.389 e. The van der Waals surface area contributed by atoms with E-state index >= 15 is 0 Å². The van der Waals surface area contributed by atoms with Crippen molar-refractivity contribution in [3.8, 4) is 0 Å². The maximum Gasteiger partial charge on any atom is 0.0898 e. The summed E-state index contributed by atoms with van der Waals surface area (Å²) >= 11 is 0. The molecule has 0 bridgehead atoms. The van der Waals surface area contributed by atoms with Gasteiger partial charge >= 0.3 is 0 Å². The van der Waals surface area contributed by atoms with E-state index in [1.807, 2.05) is 20.8 Å². The summed E-state index contributed by atoms with van der Waals surface area (Å²) in [5, 5.41) is 13.4. The fourth-order valence-corrected chi connectivity index (χ4v) is 2.58. The van der Waals surface area contributed by atoms with Gasteiger partial charge in [0.1, 0.15) is 0 Å². The maximum absolute atomic E-state index is 9.95. The Labute approximate surface area is 122 Å². The molecule has 1 aromatic rings. The zero-order chi connectivity index (χ0) is 14.6. The van der Waals surface area contributed by atoms with E-state index < -0.39 is 6.10 Å². The molecule has 2 atom stereocenters. The van der Waals surface area contributed by atoms with Gasteiger partial charge in [-0.1, -0.05) is 24.3 Å². The first-order chi connectivity index (χ1) is 9.44. The van der Waals surface area contributed by atoms with Crippen LogP contribution in [-0.2, 0) is 17.6 Å². The van der Waals surface area contributed by atoms with Crippen molar-refractivity contribution in [1.82, 2.24) is 5.32 Å². The van der Waals surface area contributed by atoms with Gasteiger partial charge in [-0.05, 0) is 51.2 Å². The summed E-state index contributed by atoms with van der Waals surface area (Å²) in [4.78, 5) is 0. The van der Waals surface area contributed by atoms with Crippen molar-refractivity contribution in [2.24, 2.45) is 0 Å². The molecule has 0 saturated carbocycles. The molecular formula is C17H27NO2. The lowest BCUT2D eigenvalue weighted by Crippen LogP contribution is -2.41. The van der Waals surface area contributed by atoms with Gasteiger partial charge in [0.15, 0.2) is 0 Å². The van der Waals surface area contributed by atoms with Crippen LogP contribution in [-0.4, -0.2) is 36.0 Å². The van der Waals surface area contributed by atoms with Crippen LogP contribution in [0.5, 0.6) is 0 Å². The number of aliphatic hydroxyl groups excluding tert-OH is 1. The third-order valence-electron chi connectivity index (χ3n) is 3.70. The minimum absolute atomic E-state index is 0.190. The summed E-state index contributed by atoms with van der Waals surface area (Å²) in [5.74, 6) is 0. The van der Waals surface area contributed by atoms with Gasteiger partial charge in [0, 0.05) is 12.6 Å². The number of aryl methyl sites for hydroxylation is 1. The highest BCUT2D eigenvalue weighted by Crippen LogP contribution is 2.20. The summed E-state index contributed by atoms with van der Waals surface area (Å²) in [6, 6.07) is 9.11. The second kappa shape index (κ2) is 6.70. The molecule has 0 aliphatic heterocycles. The first kappa shape index (κ1) is 15.5. The van der Waals surface area contributed by atoms with E-state index in [0.717, 1.165) is 19.3 Å². The van der Waals surface area contributed by atoms with E-state index in [2.05, 4.69) is 29.6 Å². The molecule has 0 radical (unpaired) electrons. The second-order valence-electron chi connectivity index (χ2n) is 6.69. The van der Waals surface area contributed by atoms with Gasteiger partial charge < -0.3 is 15.2 Å². The van der Waals surface area contributed by atoms with Crippen LogP contribution in [0.3, 0.4) is 0 Å². The zero-order valence-electron chi connectivity index (χ0n) is 12.9. The van der Waals surface area contributed by atoms with E-state index in [4.69, 9.17) is 4.74 Å². The van der Waals surface area contributed by atoms with Crippen LogP contribution < -0.4 is 5.32 Å². The van der Waals surface area contributed by atoms with Crippen LogP contribution in [0, 0.1) is 0 Å². The maximum atomic E-state index is 9.95. The summed E-state index contributed by atoms with van der Waals surface area (Å²) in [6.45, 7) is 7.00. The first-order valence-electron chi connectivity index (χ1n) is 7.56. The normalized spacial score (nSPS) is 20.5. The molecule has 112 valence electrons. The van der Waals surface area contributed by atoms with Crippen LogP contribution in [0.2, 0.25) is 0 Å². The molecule has 1 aromatic carbocycles. The number of nitrogens with one attached hydrogen (secondary N) is 1. The molecule has 3 heteroatoms. The van der Waals surface area contributed by atoms with Gasteiger partial charge in [-0.3, -0.25) is 0 Å². The van der Waals surface area contributed by atoms with Crippen LogP contribution in [0.25, 0.3) is 0 Å². The minimum atomic E-state index is -0.439. The van der Waals surface area contributed by atoms with Crippen molar-refractivity contribution >= 4 is 0 Å². The Kier molecular flexibility index (Phi) is 5.19. The monoisotopic (exact) mass is 277 g/mol. The predicted octanol–water partition coefficient (Wildman–Crippen LogP) is 2.31. The molecule has 20 heavy (non-hydrogen) atoms. The van der Waals surface area contributed by atoms with Crippen molar-refractivity contribution in [3.63, 3.8) is 0 Å². The Bertz CT molecular complexity index is 425. The Balaban J connectivity index is 1.73. The SMILES string of the molecule is CC(C)(C)OCC(O)CNC1CCc2ccccc2C1. The van der Waals surface area contributed by atoms with Crippen LogP contribution >= 0.6 is 0 Å². The predicted molar refractivity (Wildman–Crippen MR) is 82.0 cm³/mol. The molecule has 0 saturated heterocycles. The molecular weight excluding hydrogens is 250 g/mol. The largest absolute Gasteiger partial charge is 0.389 e. The third-order valence-corrected chi connectivity index (χ3v) is 3.70. The summed E-state index contributed by atoms with van der Waals surface area (Å²) in [7, 11) is 0. The molecule has 0 aromatic heterocycles. The highest BCUT2D eigenvalue weighted by atomic mass is 16.5. The van der Waals surface area contributed by atoms with Gasteiger partial charge in [-0.2, -0.15) is 0 Å². The average molecular weight is 277 g/mol. The summed E-state index contributed by atoms with van der Waals surface area (Å²) < 4.78 is 5.60. The van der Waals surface area contributed by atoms with E-state index in [0.29, 0.717) is 19.2 Å². The second-order valence-corrected chi connectivity index (χ2v) is 6.69. The van der Waals surface area contributed by atoms with E-state index in [1.54, 1.807) is 0 Å². The van der Waals surface area contributed by atoms with E-state index in [9.17, 15) is 5.11 Å². The number of fused-ring (bicyclic) bond motifs is 1. The number of ether oxygens (including phenoxy) is 1. The molecule has 0 spiro atoms. The molecule has 2 N–H and O–H groups in total. The van der Waals surface area contributed by atoms with E-state index in [-0.39, 0.29) is 5.60 Å². The van der Waals surface area contributed by atoms with Crippen molar-refractivity contribution in [3.05, 3.63) is 35.4 Å². The number of hydrogen-bond donors (Lipinski definition) is 2. The highest BCUT2D eigenvalue weighted by Gasteiger charge is 2.19. The molecule has 1 aliphatic carbocycles. The molecule has 0 fully saturated rings. The lowest BCUT2D eigenvalue weighted by atomic mass is 9.88. The molecule has 3 nitrogen and oxygen atoms in total. The van der Waals surface area contributed by atoms with Crippen molar-refractivity contribution < 1.29 is 9.84 Å². The molecule has 0 heterocycles. The standard InChI is InChI=1S/C17H27NO2/c1-17(2,3)20-12-16(19)11-18-15-9-8-13-6-4-5-7-14(13)10-15/h4-7,15-16,18-19H,8-12H2,1-3H3. The fourth-order valence-electron chi connectivity index (χ4n) is 2.58. The van der Waals surface area contributed by atoms with Gasteiger partial charge in [0.05, 0.1) is 18.3 Å². The quantitative estimate of drug-likeness (QED) is 0.868. The van der Waals surface area contributed by atoms with Gasteiger partial charge in [-0.25, -0.2) is 0 Å². The molecule has 0 amide bonds. The molecule has 2 rings (SSSR count). The van der Waals surface area contributed by atoms with Crippen LogP contribution in [0.1, 0.15) is 38.3 Å². The van der Waals surface area contributed by atoms with Crippen molar-refractivity contribution in [2.45, 2.75) is 57.8 Å². The smallest absolute Gasteiger partial charge is 0.0898 e. The lowest BCUT2D eigenvalue weighted by molar-refractivity contribution is -0.0484. The van der Waals surface area contributed by atoms with E-state index in [1.165, 1.54) is 11.1 Å². The van der Waals surface area contributed by atoms with Gasteiger partial charge in [0.2, 0.25) is 0 Å².